The molecule has 90 valence electrons. The summed E-state index contributed by atoms with van der Waals surface area (Å²) in [6.07, 6.45) is 0. The molecule has 0 saturated carbocycles. The molecule has 5 heteroatoms. The van der Waals surface area contributed by atoms with E-state index in [9.17, 15) is 4.79 Å². The minimum absolute atomic E-state index is 0.277. The van der Waals surface area contributed by atoms with Gasteiger partial charge in [-0.25, -0.2) is 4.79 Å². The Morgan fingerprint density at radius 2 is 2.17 bits per heavy atom. The van der Waals surface area contributed by atoms with E-state index >= 15 is 0 Å². The highest BCUT2D eigenvalue weighted by Crippen LogP contribution is 2.31. The summed E-state index contributed by atoms with van der Waals surface area (Å²) in [5, 5.41) is 17.9. The number of rotatable bonds is 3. The van der Waals surface area contributed by atoms with E-state index in [0.29, 0.717) is 11.3 Å². The van der Waals surface area contributed by atoms with Gasteiger partial charge in [-0.3, -0.25) is 0 Å². The molecule has 0 amide bonds. The summed E-state index contributed by atoms with van der Waals surface area (Å²) in [5.41, 5.74) is 1.24. The fourth-order valence-corrected chi connectivity index (χ4v) is 2.40. The van der Waals surface area contributed by atoms with Crippen LogP contribution in [0.5, 0.6) is 5.75 Å². The van der Waals surface area contributed by atoms with Crippen molar-refractivity contribution in [1.29, 1.82) is 5.26 Å². The molecule has 0 aliphatic heterocycles. The number of carboxylic acids is 1. The van der Waals surface area contributed by atoms with Crippen molar-refractivity contribution in [3.63, 3.8) is 0 Å². The van der Waals surface area contributed by atoms with Gasteiger partial charge in [-0.05, 0) is 35.9 Å². The molecule has 0 aliphatic carbocycles. The maximum absolute atomic E-state index is 10.8. The summed E-state index contributed by atoms with van der Waals surface area (Å²) in [5.74, 6) is -0.434. The normalized spacial score (nSPS) is 9.78. The van der Waals surface area contributed by atoms with Crippen molar-refractivity contribution < 1.29 is 14.6 Å². The topological polar surface area (TPSA) is 70.3 Å². The number of benzene rings is 1. The lowest BCUT2D eigenvalue weighted by Crippen LogP contribution is -1.89. The van der Waals surface area contributed by atoms with Crippen LogP contribution in [0.25, 0.3) is 10.4 Å². The minimum Gasteiger partial charge on any atom is -0.495 e. The Kier molecular flexibility index (Phi) is 3.31. The standard InChI is InChI=1S/C13H9NO3S/c1-17-10-3-2-8(6-9(10)7-14)11-4-5-12(18-11)13(15)16/h2-6H,1H3,(H,15,16). The van der Waals surface area contributed by atoms with E-state index in [0.717, 1.165) is 10.4 Å². The van der Waals surface area contributed by atoms with Crippen LogP contribution in [-0.2, 0) is 0 Å². The van der Waals surface area contributed by atoms with E-state index in [2.05, 4.69) is 0 Å². The molecular weight excluding hydrogens is 250 g/mol. The first-order chi connectivity index (χ1) is 8.65. The summed E-state index contributed by atoms with van der Waals surface area (Å²) in [4.78, 5) is 11.9. The number of nitrogens with zero attached hydrogens (tertiary/aromatic N) is 1. The third kappa shape index (κ3) is 2.19. The molecule has 4 nitrogen and oxygen atoms in total. The number of thiophene rings is 1. The van der Waals surface area contributed by atoms with Crippen LogP contribution in [0.3, 0.4) is 0 Å². The van der Waals surface area contributed by atoms with E-state index in [1.54, 1.807) is 30.3 Å². The maximum atomic E-state index is 10.8. The zero-order valence-electron chi connectivity index (χ0n) is 9.51. The first kappa shape index (κ1) is 12.1. The van der Waals surface area contributed by atoms with Gasteiger partial charge >= 0.3 is 5.97 Å². The van der Waals surface area contributed by atoms with Crippen molar-refractivity contribution in [3.8, 4) is 22.3 Å². The Bertz CT molecular complexity index is 640. The van der Waals surface area contributed by atoms with Gasteiger partial charge in [-0.15, -0.1) is 11.3 Å². The van der Waals surface area contributed by atoms with Crippen LogP contribution >= 0.6 is 11.3 Å². The number of carbonyl (C=O) groups is 1. The molecule has 0 atom stereocenters. The molecule has 0 fully saturated rings. The maximum Gasteiger partial charge on any atom is 0.345 e. The predicted octanol–water partition coefficient (Wildman–Crippen LogP) is 2.99. The number of ether oxygens (including phenoxy) is 1. The molecule has 2 rings (SSSR count). The van der Waals surface area contributed by atoms with Crippen LogP contribution in [0.4, 0.5) is 0 Å². The van der Waals surface area contributed by atoms with Crippen molar-refractivity contribution in [2.75, 3.05) is 7.11 Å². The largest absolute Gasteiger partial charge is 0.495 e. The third-order valence-electron chi connectivity index (χ3n) is 2.42. The van der Waals surface area contributed by atoms with Crippen molar-refractivity contribution in [1.82, 2.24) is 0 Å². The number of methoxy groups -OCH3 is 1. The smallest absolute Gasteiger partial charge is 0.345 e. The minimum atomic E-state index is -0.944. The van der Waals surface area contributed by atoms with Crippen LogP contribution in [0, 0.1) is 11.3 Å². The van der Waals surface area contributed by atoms with Gasteiger partial charge in [-0.2, -0.15) is 5.26 Å². The first-order valence-electron chi connectivity index (χ1n) is 5.07. The highest BCUT2D eigenvalue weighted by Gasteiger charge is 2.10. The summed E-state index contributed by atoms with van der Waals surface area (Å²) in [6.45, 7) is 0. The van der Waals surface area contributed by atoms with Crippen molar-refractivity contribution in [2.24, 2.45) is 0 Å². The van der Waals surface area contributed by atoms with Gasteiger partial charge in [0, 0.05) is 4.88 Å². The van der Waals surface area contributed by atoms with Gasteiger partial charge in [0.05, 0.1) is 12.7 Å². The molecule has 0 bridgehead atoms. The average Bonchev–Trinajstić information content (AvgIpc) is 2.87. The summed E-state index contributed by atoms with van der Waals surface area (Å²) in [6, 6.07) is 10.5. The van der Waals surface area contributed by atoms with Gasteiger partial charge in [0.2, 0.25) is 0 Å². The molecule has 18 heavy (non-hydrogen) atoms. The SMILES string of the molecule is COc1ccc(-c2ccc(C(=O)O)s2)cc1C#N. The molecule has 0 saturated heterocycles. The second kappa shape index (κ2) is 4.90. The third-order valence-corrected chi connectivity index (χ3v) is 3.54. The zero-order chi connectivity index (χ0) is 13.1. The number of hydrogen-bond donors (Lipinski definition) is 1. The summed E-state index contributed by atoms with van der Waals surface area (Å²) >= 11 is 1.18. The van der Waals surface area contributed by atoms with Crippen LogP contribution < -0.4 is 4.74 Å². The van der Waals surface area contributed by atoms with E-state index in [-0.39, 0.29) is 4.88 Å². The van der Waals surface area contributed by atoms with Crippen LogP contribution in [0.15, 0.2) is 30.3 Å². The first-order valence-corrected chi connectivity index (χ1v) is 5.89. The van der Waals surface area contributed by atoms with Crippen LogP contribution in [0.2, 0.25) is 0 Å². The Morgan fingerprint density at radius 1 is 1.39 bits per heavy atom. The highest BCUT2D eigenvalue weighted by atomic mass is 32.1. The second-order valence-electron chi connectivity index (χ2n) is 3.50. The Morgan fingerprint density at radius 3 is 2.72 bits per heavy atom. The number of hydrogen-bond acceptors (Lipinski definition) is 4. The van der Waals surface area contributed by atoms with Crippen LogP contribution in [-0.4, -0.2) is 18.2 Å². The van der Waals surface area contributed by atoms with E-state index in [1.165, 1.54) is 18.4 Å². The van der Waals surface area contributed by atoms with Gasteiger partial charge < -0.3 is 9.84 Å². The molecule has 0 radical (unpaired) electrons. The van der Waals surface area contributed by atoms with E-state index < -0.39 is 5.97 Å². The zero-order valence-corrected chi connectivity index (χ0v) is 10.3. The molecule has 1 N–H and O–H groups in total. The fourth-order valence-electron chi connectivity index (χ4n) is 1.56. The molecule has 0 unspecified atom stereocenters. The van der Waals surface area contributed by atoms with Crippen molar-refractivity contribution >= 4 is 17.3 Å². The summed E-state index contributed by atoms with van der Waals surface area (Å²) in [7, 11) is 1.50. The Labute approximate surface area is 108 Å². The number of carboxylic acid groups (broad SMARTS) is 1. The van der Waals surface area contributed by atoms with Crippen LogP contribution in [0.1, 0.15) is 15.2 Å². The summed E-state index contributed by atoms with van der Waals surface area (Å²) < 4.78 is 5.06. The molecule has 1 heterocycles. The van der Waals surface area contributed by atoms with Gasteiger partial charge in [-0.1, -0.05) is 0 Å². The number of nitriles is 1. The molecular formula is C13H9NO3S. The Hall–Kier alpha value is -2.32. The quantitative estimate of drug-likeness (QED) is 0.919. The fraction of sp³-hybridized carbons (Fsp3) is 0.0769. The van der Waals surface area contributed by atoms with Gasteiger partial charge in [0.1, 0.15) is 16.7 Å². The lowest BCUT2D eigenvalue weighted by atomic mass is 10.1. The van der Waals surface area contributed by atoms with Gasteiger partial charge in [0.15, 0.2) is 0 Å². The number of aromatic carboxylic acids is 1. The highest BCUT2D eigenvalue weighted by molar-refractivity contribution is 7.17. The average molecular weight is 259 g/mol. The Balaban J connectivity index is 2.45. The molecule has 2 aromatic rings. The molecule has 1 aromatic carbocycles. The van der Waals surface area contributed by atoms with Crippen molar-refractivity contribution in [3.05, 3.63) is 40.8 Å². The monoisotopic (exact) mass is 259 g/mol. The lowest BCUT2D eigenvalue weighted by molar-refractivity contribution is 0.0702. The van der Waals surface area contributed by atoms with E-state index in [1.807, 2.05) is 6.07 Å². The molecule has 1 aromatic heterocycles. The second-order valence-corrected chi connectivity index (χ2v) is 4.58. The van der Waals surface area contributed by atoms with Crippen molar-refractivity contribution in [2.45, 2.75) is 0 Å². The van der Waals surface area contributed by atoms with E-state index in [4.69, 9.17) is 15.1 Å². The predicted molar refractivity (Wildman–Crippen MR) is 68.0 cm³/mol. The van der Waals surface area contributed by atoms with Gasteiger partial charge in [0.25, 0.3) is 0 Å². The molecule has 0 spiro atoms. The molecule has 0 aliphatic rings. The lowest BCUT2D eigenvalue weighted by Gasteiger charge is -2.04.